The summed E-state index contributed by atoms with van der Waals surface area (Å²) in [4.78, 5) is 2.32. The smallest absolute Gasteiger partial charge is 0.0466 e. The van der Waals surface area contributed by atoms with Gasteiger partial charge in [0.1, 0.15) is 0 Å². The molecule has 1 saturated carbocycles. The number of hydrogen-bond donors (Lipinski definition) is 1. The molecule has 1 atom stereocenters. The van der Waals surface area contributed by atoms with Crippen molar-refractivity contribution < 1.29 is 0 Å². The molecule has 1 aliphatic rings. The van der Waals surface area contributed by atoms with Gasteiger partial charge < -0.3 is 10.2 Å². The van der Waals surface area contributed by atoms with Crippen LogP contribution in [0.2, 0.25) is 0 Å². The van der Waals surface area contributed by atoms with Gasteiger partial charge in [0.15, 0.2) is 0 Å². The molecule has 1 aliphatic carbocycles. The summed E-state index contributed by atoms with van der Waals surface area (Å²) in [5.41, 5.74) is 1.41. The summed E-state index contributed by atoms with van der Waals surface area (Å²) in [5, 5.41) is 3.83. The van der Waals surface area contributed by atoms with Crippen LogP contribution in [0.4, 0.5) is 0 Å². The second-order valence-electron chi connectivity index (χ2n) is 6.34. The number of likely N-dealkylation sites (N-methyl/N-ethyl adjacent to an activating group) is 1. The van der Waals surface area contributed by atoms with Crippen LogP contribution < -0.4 is 5.32 Å². The summed E-state index contributed by atoms with van der Waals surface area (Å²) in [7, 11) is 4.36. The minimum atomic E-state index is 0.474. The van der Waals surface area contributed by atoms with E-state index >= 15 is 0 Å². The van der Waals surface area contributed by atoms with Gasteiger partial charge >= 0.3 is 0 Å². The molecule has 2 rings (SSSR count). The molecule has 1 unspecified atom stereocenters. The zero-order chi connectivity index (χ0) is 14.2. The molecule has 0 amide bonds. The lowest BCUT2D eigenvalue weighted by Gasteiger charge is -2.28. The fourth-order valence-electron chi connectivity index (χ4n) is 3.21. The van der Waals surface area contributed by atoms with Gasteiger partial charge in [-0.1, -0.05) is 62.4 Å². The third-order valence-corrected chi connectivity index (χ3v) is 4.51. The first-order valence-electron chi connectivity index (χ1n) is 8.22. The Morgan fingerprint density at radius 3 is 2.20 bits per heavy atom. The van der Waals surface area contributed by atoms with Crippen LogP contribution in [-0.2, 0) is 0 Å². The van der Waals surface area contributed by atoms with Gasteiger partial charge in [-0.25, -0.2) is 0 Å². The number of hydrogen-bond acceptors (Lipinski definition) is 2. The molecule has 1 aromatic rings. The van der Waals surface area contributed by atoms with E-state index in [1.807, 2.05) is 0 Å². The quantitative estimate of drug-likeness (QED) is 0.873. The van der Waals surface area contributed by atoms with E-state index in [0.29, 0.717) is 6.04 Å². The van der Waals surface area contributed by atoms with Gasteiger partial charge in [-0.15, -0.1) is 0 Å². The Kier molecular flexibility index (Phi) is 6.55. The second-order valence-corrected chi connectivity index (χ2v) is 6.34. The zero-order valence-corrected chi connectivity index (χ0v) is 13.1. The SMILES string of the molecule is CN(C)C(CNC1CCCCCCC1)c1ccccc1. The van der Waals surface area contributed by atoms with Crippen LogP contribution >= 0.6 is 0 Å². The molecule has 0 spiro atoms. The average Bonchev–Trinajstić information content (AvgIpc) is 2.42. The van der Waals surface area contributed by atoms with Crippen molar-refractivity contribution in [2.45, 2.75) is 57.0 Å². The maximum atomic E-state index is 3.83. The largest absolute Gasteiger partial charge is 0.312 e. The van der Waals surface area contributed by atoms with E-state index in [2.05, 4.69) is 54.6 Å². The predicted molar refractivity (Wildman–Crippen MR) is 87.0 cm³/mol. The Hall–Kier alpha value is -0.860. The zero-order valence-electron chi connectivity index (χ0n) is 13.1. The number of nitrogens with zero attached hydrogens (tertiary/aromatic N) is 1. The number of nitrogens with one attached hydrogen (secondary N) is 1. The normalized spacial score (nSPS) is 19.6. The molecule has 1 aromatic carbocycles. The maximum absolute atomic E-state index is 3.83. The molecule has 0 radical (unpaired) electrons. The molecule has 2 nitrogen and oxygen atoms in total. The Balaban J connectivity index is 1.88. The van der Waals surface area contributed by atoms with Crippen molar-refractivity contribution in [3.05, 3.63) is 35.9 Å². The molecule has 112 valence electrons. The van der Waals surface area contributed by atoms with Crippen molar-refractivity contribution in [1.29, 1.82) is 0 Å². The van der Waals surface area contributed by atoms with Crippen molar-refractivity contribution in [1.82, 2.24) is 10.2 Å². The van der Waals surface area contributed by atoms with Crippen LogP contribution in [0.1, 0.15) is 56.6 Å². The summed E-state index contributed by atoms with van der Waals surface area (Å²) in [6, 6.07) is 12.1. The Bertz CT molecular complexity index is 353. The molecular weight excluding hydrogens is 244 g/mol. The molecule has 0 heterocycles. The fourth-order valence-corrected chi connectivity index (χ4v) is 3.21. The maximum Gasteiger partial charge on any atom is 0.0466 e. The third-order valence-electron chi connectivity index (χ3n) is 4.51. The molecule has 1 N–H and O–H groups in total. The Morgan fingerprint density at radius 2 is 1.60 bits per heavy atom. The first kappa shape index (κ1) is 15.5. The van der Waals surface area contributed by atoms with E-state index in [9.17, 15) is 0 Å². The summed E-state index contributed by atoms with van der Waals surface area (Å²) in [5.74, 6) is 0. The lowest BCUT2D eigenvalue weighted by Crippen LogP contribution is -2.37. The summed E-state index contributed by atoms with van der Waals surface area (Å²) < 4.78 is 0. The van der Waals surface area contributed by atoms with E-state index in [-0.39, 0.29) is 0 Å². The highest BCUT2D eigenvalue weighted by atomic mass is 15.1. The molecule has 2 heteroatoms. The van der Waals surface area contributed by atoms with Crippen molar-refractivity contribution in [2.24, 2.45) is 0 Å². The Labute approximate surface area is 124 Å². The molecule has 0 aromatic heterocycles. The standard InChI is InChI=1S/C18H30N2/c1-20(2)18(16-11-7-6-8-12-16)15-19-17-13-9-4-3-5-10-14-17/h6-8,11-12,17-19H,3-5,9-10,13-15H2,1-2H3. The lowest BCUT2D eigenvalue weighted by molar-refractivity contribution is 0.269. The highest BCUT2D eigenvalue weighted by Gasteiger charge is 2.16. The lowest BCUT2D eigenvalue weighted by atomic mass is 9.96. The summed E-state index contributed by atoms with van der Waals surface area (Å²) in [6.45, 7) is 1.06. The molecule has 0 saturated heterocycles. The van der Waals surface area contributed by atoms with Crippen molar-refractivity contribution in [3.8, 4) is 0 Å². The molecular formula is C18H30N2. The van der Waals surface area contributed by atoms with Crippen molar-refractivity contribution in [2.75, 3.05) is 20.6 Å². The van der Waals surface area contributed by atoms with Crippen LogP contribution in [0.5, 0.6) is 0 Å². The van der Waals surface area contributed by atoms with E-state index in [0.717, 1.165) is 12.6 Å². The first-order chi connectivity index (χ1) is 9.77. The van der Waals surface area contributed by atoms with Gasteiger partial charge in [0, 0.05) is 18.6 Å². The van der Waals surface area contributed by atoms with Gasteiger partial charge in [0.25, 0.3) is 0 Å². The topological polar surface area (TPSA) is 15.3 Å². The van der Waals surface area contributed by atoms with Gasteiger partial charge in [-0.3, -0.25) is 0 Å². The highest BCUT2D eigenvalue weighted by molar-refractivity contribution is 5.19. The van der Waals surface area contributed by atoms with E-state index in [1.165, 1.54) is 50.5 Å². The minimum Gasteiger partial charge on any atom is -0.312 e. The van der Waals surface area contributed by atoms with Gasteiger partial charge in [0.05, 0.1) is 0 Å². The molecule has 0 aliphatic heterocycles. The number of benzene rings is 1. The van der Waals surface area contributed by atoms with E-state index in [4.69, 9.17) is 0 Å². The Morgan fingerprint density at radius 1 is 1.00 bits per heavy atom. The predicted octanol–water partition coefficient (Wildman–Crippen LogP) is 3.99. The van der Waals surface area contributed by atoms with E-state index in [1.54, 1.807) is 0 Å². The van der Waals surface area contributed by atoms with Crippen LogP contribution in [0.25, 0.3) is 0 Å². The van der Waals surface area contributed by atoms with Gasteiger partial charge in [-0.05, 0) is 32.5 Å². The first-order valence-corrected chi connectivity index (χ1v) is 8.22. The molecule has 20 heavy (non-hydrogen) atoms. The van der Waals surface area contributed by atoms with Crippen LogP contribution in [0, 0.1) is 0 Å². The fraction of sp³-hybridized carbons (Fsp3) is 0.667. The van der Waals surface area contributed by atoms with Crippen LogP contribution in [0.3, 0.4) is 0 Å². The van der Waals surface area contributed by atoms with Gasteiger partial charge in [-0.2, -0.15) is 0 Å². The van der Waals surface area contributed by atoms with E-state index < -0.39 is 0 Å². The minimum absolute atomic E-state index is 0.474. The van der Waals surface area contributed by atoms with Gasteiger partial charge in [0.2, 0.25) is 0 Å². The van der Waals surface area contributed by atoms with Crippen molar-refractivity contribution >= 4 is 0 Å². The highest BCUT2D eigenvalue weighted by Crippen LogP contribution is 2.20. The van der Waals surface area contributed by atoms with Crippen LogP contribution in [-0.4, -0.2) is 31.6 Å². The number of rotatable bonds is 5. The second kappa shape index (κ2) is 8.43. The average molecular weight is 274 g/mol. The third kappa shape index (κ3) is 4.92. The monoisotopic (exact) mass is 274 g/mol. The summed E-state index contributed by atoms with van der Waals surface area (Å²) in [6.07, 6.45) is 9.80. The van der Waals surface area contributed by atoms with Crippen molar-refractivity contribution in [3.63, 3.8) is 0 Å². The molecule has 1 fully saturated rings. The summed E-state index contributed by atoms with van der Waals surface area (Å²) >= 11 is 0. The molecule has 0 bridgehead atoms. The van der Waals surface area contributed by atoms with Crippen LogP contribution in [0.15, 0.2) is 30.3 Å².